The van der Waals surface area contributed by atoms with Gasteiger partial charge in [-0.3, -0.25) is 4.79 Å². The summed E-state index contributed by atoms with van der Waals surface area (Å²) in [5.41, 5.74) is -0.974. The Balaban J connectivity index is 1.94. The molecule has 2 aliphatic rings. The van der Waals surface area contributed by atoms with Crippen LogP contribution < -0.4 is 0 Å². The molecule has 2 amide bonds. The van der Waals surface area contributed by atoms with Crippen LogP contribution in [0, 0.1) is 11.3 Å². The summed E-state index contributed by atoms with van der Waals surface area (Å²) in [5.74, 6) is -2.29. The molecule has 8 heteroatoms. The zero-order chi connectivity index (χ0) is 16.5. The molecule has 2 fully saturated rings. The lowest BCUT2D eigenvalue weighted by molar-refractivity contribution is -0.184. The Bertz CT molecular complexity index is 447. The minimum atomic E-state index is -4.21. The SMILES string of the molecule is CC1(C(=O)O)CCCN(C(=O)N2CCC(C(F)(F)F)CC2)C1. The van der Waals surface area contributed by atoms with E-state index in [0.29, 0.717) is 19.4 Å². The van der Waals surface area contributed by atoms with Gasteiger partial charge in [0.05, 0.1) is 11.3 Å². The maximum absolute atomic E-state index is 12.6. The van der Waals surface area contributed by atoms with Crippen LogP contribution >= 0.6 is 0 Å². The predicted molar refractivity (Wildman–Crippen MR) is 72.3 cm³/mol. The number of aliphatic carboxylic acids is 1. The molecule has 0 aliphatic carbocycles. The highest BCUT2D eigenvalue weighted by atomic mass is 19.4. The van der Waals surface area contributed by atoms with Gasteiger partial charge in [0.1, 0.15) is 0 Å². The standard InChI is InChI=1S/C14H21F3N2O3/c1-13(11(20)21)5-2-6-19(9-13)12(22)18-7-3-10(4-8-18)14(15,16)17/h10H,2-9H2,1H3,(H,20,21). The van der Waals surface area contributed by atoms with Crippen molar-refractivity contribution in [3.05, 3.63) is 0 Å². The fourth-order valence-corrected chi connectivity index (χ4v) is 3.18. The van der Waals surface area contributed by atoms with Crippen LogP contribution in [0.25, 0.3) is 0 Å². The number of piperidine rings is 2. The molecule has 0 aromatic carbocycles. The van der Waals surface area contributed by atoms with Crippen molar-refractivity contribution in [2.45, 2.75) is 38.8 Å². The van der Waals surface area contributed by atoms with Crippen molar-refractivity contribution >= 4 is 12.0 Å². The average Bonchev–Trinajstić information content (AvgIpc) is 2.45. The van der Waals surface area contributed by atoms with Gasteiger partial charge in [0.15, 0.2) is 0 Å². The Kier molecular flexibility index (Phi) is 4.58. The van der Waals surface area contributed by atoms with Gasteiger partial charge in [-0.15, -0.1) is 0 Å². The summed E-state index contributed by atoms with van der Waals surface area (Å²) in [6, 6.07) is -0.340. The maximum Gasteiger partial charge on any atom is 0.391 e. The van der Waals surface area contributed by atoms with E-state index in [1.54, 1.807) is 6.92 Å². The number of likely N-dealkylation sites (tertiary alicyclic amines) is 2. The molecule has 0 aromatic rings. The van der Waals surface area contributed by atoms with Gasteiger partial charge in [-0.05, 0) is 32.6 Å². The summed E-state index contributed by atoms with van der Waals surface area (Å²) in [4.78, 5) is 26.6. The molecule has 1 N–H and O–H groups in total. The van der Waals surface area contributed by atoms with Crippen molar-refractivity contribution in [1.82, 2.24) is 9.80 Å². The number of amides is 2. The number of carbonyl (C=O) groups excluding carboxylic acids is 1. The number of urea groups is 1. The third kappa shape index (κ3) is 3.47. The molecule has 126 valence electrons. The highest BCUT2D eigenvalue weighted by molar-refractivity contribution is 5.78. The zero-order valence-corrected chi connectivity index (χ0v) is 12.5. The van der Waals surface area contributed by atoms with Gasteiger partial charge in [0.2, 0.25) is 0 Å². The summed E-state index contributed by atoms with van der Waals surface area (Å²) in [6.07, 6.45) is -3.28. The first-order valence-electron chi connectivity index (χ1n) is 7.47. The second-order valence-corrected chi connectivity index (χ2v) is 6.48. The van der Waals surface area contributed by atoms with Crippen LogP contribution in [0.5, 0.6) is 0 Å². The Labute approximate surface area is 127 Å². The molecule has 1 unspecified atom stereocenters. The lowest BCUT2D eigenvalue weighted by Gasteiger charge is -2.41. The fraction of sp³-hybridized carbons (Fsp3) is 0.857. The predicted octanol–water partition coefficient (Wildman–Crippen LogP) is 2.57. The van der Waals surface area contributed by atoms with Crippen LogP contribution in [0.4, 0.5) is 18.0 Å². The van der Waals surface area contributed by atoms with Gasteiger partial charge in [-0.1, -0.05) is 0 Å². The normalized spacial score (nSPS) is 27.8. The molecule has 0 spiro atoms. The Morgan fingerprint density at radius 2 is 1.73 bits per heavy atom. The van der Waals surface area contributed by atoms with E-state index in [0.717, 1.165) is 0 Å². The van der Waals surface area contributed by atoms with E-state index in [2.05, 4.69) is 0 Å². The topological polar surface area (TPSA) is 60.9 Å². The van der Waals surface area contributed by atoms with E-state index in [1.165, 1.54) is 9.80 Å². The van der Waals surface area contributed by atoms with Crippen LogP contribution in [0.3, 0.4) is 0 Å². The first-order valence-corrected chi connectivity index (χ1v) is 7.47. The molecular weight excluding hydrogens is 301 g/mol. The Hall–Kier alpha value is -1.47. The van der Waals surface area contributed by atoms with E-state index >= 15 is 0 Å². The summed E-state index contributed by atoms with van der Waals surface area (Å²) in [7, 11) is 0. The molecule has 22 heavy (non-hydrogen) atoms. The largest absolute Gasteiger partial charge is 0.481 e. The molecule has 0 aromatic heterocycles. The number of alkyl halides is 3. The van der Waals surface area contributed by atoms with E-state index in [9.17, 15) is 27.9 Å². The van der Waals surface area contributed by atoms with Crippen LogP contribution in [-0.4, -0.2) is 59.3 Å². The first-order chi connectivity index (χ1) is 10.1. The van der Waals surface area contributed by atoms with Gasteiger partial charge >= 0.3 is 18.2 Å². The number of carboxylic acid groups (broad SMARTS) is 1. The molecule has 2 heterocycles. The van der Waals surface area contributed by atoms with Crippen LogP contribution in [0.1, 0.15) is 32.6 Å². The van der Waals surface area contributed by atoms with E-state index in [4.69, 9.17) is 0 Å². The zero-order valence-electron chi connectivity index (χ0n) is 12.5. The number of hydrogen-bond donors (Lipinski definition) is 1. The molecule has 0 bridgehead atoms. The molecular formula is C14H21F3N2O3. The number of halogens is 3. The molecule has 2 aliphatic heterocycles. The number of carboxylic acids is 1. The summed E-state index contributed by atoms with van der Waals surface area (Å²) < 4.78 is 37.9. The van der Waals surface area contributed by atoms with Crippen LogP contribution in [0.2, 0.25) is 0 Å². The van der Waals surface area contributed by atoms with Crippen molar-refractivity contribution in [1.29, 1.82) is 0 Å². The van der Waals surface area contributed by atoms with Crippen molar-refractivity contribution in [3.8, 4) is 0 Å². The lowest BCUT2D eigenvalue weighted by Crippen LogP contribution is -2.54. The van der Waals surface area contributed by atoms with E-state index in [1.807, 2.05) is 0 Å². The molecule has 0 saturated carbocycles. The van der Waals surface area contributed by atoms with Gasteiger partial charge in [0.25, 0.3) is 0 Å². The smallest absolute Gasteiger partial charge is 0.391 e. The number of rotatable bonds is 1. The van der Waals surface area contributed by atoms with E-state index < -0.39 is 23.5 Å². The fourth-order valence-electron chi connectivity index (χ4n) is 3.18. The third-order valence-electron chi connectivity index (χ3n) is 4.71. The molecule has 5 nitrogen and oxygen atoms in total. The second-order valence-electron chi connectivity index (χ2n) is 6.48. The minimum Gasteiger partial charge on any atom is -0.481 e. The minimum absolute atomic E-state index is 0.0727. The van der Waals surface area contributed by atoms with Crippen molar-refractivity contribution in [2.24, 2.45) is 11.3 Å². The lowest BCUT2D eigenvalue weighted by atomic mass is 9.82. The Morgan fingerprint density at radius 3 is 2.23 bits per heavy atom. The molecule has 2 rings (SSSR count). The quantitative estimate of drug-likeness (QED) is 0.807. The van der Waals surface area contributed by atoms with Crippen LogP contribution in [-0.2, 0) is 4.79 Å². The van der Waals surface area contributed by atoms with Crippen LogP contribution in [0.15, 0.2) is 0 Å². The average molecular weight is 322 g/mol. The van der Waals surface area contributed by atoms with Crippen molar-refractivity contribution in [3.63, 3.8) is 0 Å². The maximum atomic E-state index is 12.6. The van der Waals surface area contributed by atoms with Gasteiger partial charge in [-0.2, -0.15) is 13.2 Å². The van der Waals surface area contributed by atoms with Crippen molar-refractivity contribution < 1.29 is 27.9 Å². The summed E-state index contributed by atoms with van der Waals surface area (Å²) in [5, 5.41) is 9.26. The Morgan fingerprint density at radius 1 is 1.14 bits per heavy atom. The monoisotopic (exact) mass is 322 g/mol. The van der Waals surface area contributed by atoms with Crippen molar-refractivity contribution in [2.75, 3.05) is 26.2 Å². The highest BCUT2D eigenvalue weighted by Gasteiger charge is 2.44. The van der Waals surface area contributed by atoms with Gasteiger partial charge < -0.3 is 14.9 Å². The molecule has 2 saturated heterocycles. The van der Waals surface area contributed by atoms with Gasteiger partial charge in [0, 0.05) is 26.2 Å². The second kappa shape index (κ2) is 5.96. The highest BCUT2D eigenvalue weighted by Crippen LogP contribution is 2.35. The number of nitrogens with zero attached hydrogens (tertiary/aromatic N) is 2. The summed E-state index contributed by atoms with van der Waals surface area (Å²) in [6.45, 7) is 2.32. The third-order valence-corrected chi connectivity index (χ3v) is 4.71. The molecule has 0 radical (unpaired) electrons. The molecule has 1 atom stereocenters. The number of carbonyl (C=O) groups is 2. The number of hydrogen-bond acceptors (Lipinski definition) is 2. The summed E-state index contributed by atoms with van der Waals surface area (Å²) >= 11 is 0. The van der Waals surface area contributed by atoms with Gasteiger partial charge in [-0.25, -0.2) is 4.79 Å². The van der Waals surface area contributed by atoms with E-state index in [-0.39, 0.29) is 38.5 Å². The first kappa shape index (κ1) is 16.9.